The molecule has 4 heteroatoms. The van der Waals surface area contributed by atoms with Crippen LogP contribution in [0.3, 0.4) is 0 Å². The smallest absolute Gasteiger partial charge is 0.333 e. The normalized spacial score (nSPS) is 14.5. The van der Waals surface area contributed by atoms with Crippen molar-refractivity contribution in [2.45, 2.75) is 39.7 Å². The van der Waals surface area contributed by atoms with Crippen LogP contribution in [-0.2, 0) is 9.53 Å². The molecule has 0 fully saturated rings. The second-order valence-electron chi connectivity index (χ2n) is 3.40. The highest BCUT2D eigenvalue weighted by molar-refractivity contribution is 5.88. The lowest BCUT2D eigenvalue weighted by Crippen LogP contribution is -2.21. The fraction of sp³-hybridized carbons (Fsp3) is 0.727. The summed E-state index contributed by atoms with van der Waals surface area (Å²) in [4.78, 5) is 11.4. The Morgan fingerprint density at radius 3 is 2.47 bits per heavy atom. The van der Waals surface area contributed by atoms with Crippen LogP contribution in [0.25, 0.3) is 0 Å². The summed E-state index contributed by atoms with van der Waals surface area (Å²) in [6, 6.07) is 0. The zero-order valence-corrected chi connectivity index (χ0v) is 9.75. The van der Waals surface area contributed by atoms with E-state index in [1.807, 2.05) is 6.92 Å². The van der Waals surface area contributed by atoms with E-state index in [0.29, 0.717) is 18.6 Å². The van der Waals surface area contributed by atoms with Crippen molar-refractivity contribution >= 4 is 5.97 Å². The number of hydrogen-bond donors (Lipinski definition) is 2. The maximum atomic E-state index is 11.4. The van der Waals surface area contributed by atoms with Crippen LogP contribution in [0.4, 0.5) is 0 Å². The summed E-state index contributed by atoms with van der Waals surface area (Å²) in [5.74, 6) is -0.307. The number of rotatable bonds is 6. The lowest BCUT2D eigenvalue weighted by molar-refractivity contribution is -0.138. The van der Waals surface area contributed by atoms with Gasteiger partial charge in [0.25, 0.3) is 0 Å². The van der Waals surface area contributed by atoms with Crippen LogP contribution in [0.1, 0.15) is 33.6 Å². The van der Waals surface area contributed by atoms with Gasteiger partial charge in [-0.2, -0.15) is 0 Å². The van der Waals surface area contributed by atoms with Crippen LogP contribution in [0.2, 0.25) is 0 Å². The molecule has 1 atom stereocenters. The third-order valence-corrected chi connectivity index (χ3v) is 2.29. The number of carbonyl (C=O) groups is 1. The molecule has 0 radical (unpaired) electrons. The van der Waals surface area contributed by atoms with Gasteiger partial charge in [0.15, 0.2) is 0 Å². The maximum Gasteiger partial charge on any atom is 0.333 e. The predicted molar refractivity (Wildman–Crippen MR) is 59.3 cm³/mol. The maximum absolute atomic E-state index is 11.4. The molecule has 1 unspecified atom stereocenters. The average molecular weight is 215 g/mol. The minimum Gasteiger partial charge on any atom is -0.463 e. The van der Waals surface area contributed by atoms with Gasteiger partial charge in [0.05, 0.1) is 12.7 Å². The molecule has 0 saturated carbocycles. The monoisotopic (exact) mass is 215 g/mol. The lowest BCUT2D eigenvalue weighted by Gasteiger charge is -2.13. The van der Waals surface area contributed by atoms with E-state index in [4.69, 9.17) is 10.5 Å². The summed E-state index contributed by atoms with van der Waals surface area (Å²) >= 11 is 0. The third kappa shape index (κ3) is 4.95. The van der Waals surface area contributed by atoms with Crippen molar-refractivity contribution < 1.29 is 14.6 Å². The zero-order valence-electron chi connectivity index (χ0n) is 9.75. The van der Waals surface area contributed by atoms with E-state index in [9.17, 15) is 9.90 Å². The molecule has 0 spiro atoms. The molecule has 0 aliphatic rings. The summed E-state index contributed by atoms with van der Waals surface area (Å²) in [5, 5.41) is 9.41. The first-order valence-corrected chi connectivity index (χ1v) is 5.30. The SMILES string of the molecule is CCOC(=O)C(C)=C(CC)CC(O)CN. The molecule has 0 bridgehead atoms. The van der Waals surface area contributed by atoms with E-state index in [1.165, 1.54) is 0 Å². The molecule has 3 N–H and O–H groups in total. The zero-order chi connectivity index (χ0) is 11.8. The van der Waals surface area contributed by atoms with Gasteiger partial charge < -0.3 is 15.6 Å². The topological polar surface area (TPSA) is 72.5 Å². The highest BCUT2D eigenvalue weighted by atomic mass is 16.5. The Balaban J connectivity index is 4.58. The number of ether oxygens (including phenoxy) is 1. The van der Waals surface area contributed by atoms with Crippen molar-refractivity contribution in [3.63, 3.8) is 0 Å². The van der Waals surface area contributed by atoms with E-state index in [-0.39, 0.29) is 12.5 Å². The minimum atomic E-state index is -0.579. The Bertz CT molecular complexity index is 236. The predicted octanol–water partition coefficient (Wildman–Crippen LogP) is 0.986. The van der Waals surface area contributed by atoms with Gasteiger partial charge in [0.2, 0.25) is 0 Å². The molecule has 0 saturated heterocycles. The van der Waals surface area contributed by atoms with E-state index in [0.717, 1.165) is 12.0 Å². The summed E-state index contributed by atoms with van der Waals surface area (Å²) in [6.07, 6.45) is 0.587. The molecule has 15 heavy (non-hydrogen) atoms. The van der Waals surface area contributed by atoms with Crippen molar-refractivity contribution in [2.75, 3.05) is 13.2 Å². The van der Waals surface area contributed by atoms with Gasteiger partial charge in [-0.25, -0.2) is 4.79 Å². The molecule has 0 aromatic heterocycles. The largest absolute Gasteiger partial charge is 0.463 e. The van der Waals surface area contributed by atoms with Crippen molar-refractivity contribution in [2.24, 2.45) is 5.73 Å². The second kappa shape index (κ2) is 7.43. The van der Waals surface area contributed by atoms with Gasteiger partial charge in [0.1, 0.15) is 0 Å². The van der Waals surface area contributed by atoms with Crippen molar-refractivity contribution in [3.05, 3.63) is 11.1 Å². The van der Waals surface area contributed by atoms with Gasteiger partial charge in [-0.15, -0.1) is 0 Å². The van der Waals surface area contributed by atoms with Crippen LogP contribution < -0.4 is 5.73 Å². The molecule has 0 aliphatic carbocycles. The number of nitrogens with two attached hydrogens (primary N) is 1. The summed E-state index contributed by atoms with van der Waals surface area (Å²) in [7, 11) is 0. The molecule has 4 nitrogen and oxygen atoms in total. The first-order valence-electron chi connectivity index (χ1n) is 5.30. The number of aliphatic hydroxyl groups is 1. The molecular formula is C11H21NO3. The van der Waals surface area contributed by atoms with E-state index in [1.54, 1.807) is 13.8 Å². The molecule has 0 aromatic rings. The lowest BCUT2D eigenvalue weighted by atomic mass is 10.0. The van der Waals surface area contributed by atoms with Crippen LogP contribution >= 0.6 is 0 Å². The fourth-order valence-corrected chi connectivity index (χ4v) is 1.31. The fourth-order valence-electron chi connectivity index (χ4n) is 1.31. The first kappa shape index (κ1) is 14.1. The highest BCUT2D eigenvalue weighted by Crippen LogP contribution is 2.16. The van der Waals surface area contributed by atoms with Gasteiger partial charge >= 0.3 is 5.97 Å². The number of esters is 1. The van der Waals surface area contributed by atoms with Gasteiger partial charge in [-0.05, 0) is 26.7 Å². The highest BCUT2D eigenvalue weighted by Gasteiger charge is 2.13. The summed E-state index contributed by atoms with van der Waals surface area (Å²) in [6.45, 7) is 6.01. The number of hydrogen-bond acceptors (Lipinski definition) is 4. The van der Waals surface area contributed by atoms with Gasteiger partial charge in [-0.3, -0.25) is 0 Å². The van der Waals surface area contributed by atoms with Crippen molar-refractivity contribution in [1.82, 2.24) is 0 Å². The minimum absolute atomic E-state index is 0.208. The average Bonchev–Trinajstić information content (AvgIpc) is 2.24. The molecule has 0 amide bonds. The Kier molecular flexibility index (Phi) is 6.99. The molecule has 88 valence electrons. The summed E-state index contributed by atoms with van der Waals surface area (Å²) < 4.78 is 4.89. The molecule has 0 heterocycles. The molecule has 0 aliphatic heterocycles. The van der Waals surface area contributed by atoms with Crippen LogP contribution in [0, 0.1) is 0 Å². The van der Waals surface area contributed by atoms with E-state index in [2.05, 4.69) is 0 Å². The third-order valence-electron chi connectivity index (χ3n) is 2.29. The second-order valence-corrected chi connectivity index (χ2v) is 3.40. The van der Waals surface area contributed by atoms with Crippen molar-refractivity contribution in [3.8, 4) is 0 Å². The van der Waals surface area contributed by atoms with E-state index >= 15 is 0 Å². The molecule has 0 aromatic carbocycles. The van der Waals surface area contributed by atoms with E-state index < -0.39 is 6.10 Å². The number of aliphatic hydroxyl groups excluding tert-OH is 1. The Morgan fingerprint density at radius 2 is 2.07 bits per heavy atom. The Morgan fingerprint density at radius 1 is 1.47 bits per heavy atom. The van der Waals surface area contributed by atoms with Crippen molar-refractivity contribution in [1.29, 1.82) is 0 Å². The van der Waals surface area contributed by atoms with Crippen LogP contribution in [0.15, 0.2) is 11.1 Å². The van der Waals surface area contributed by atoms with Crippen LogP contribution in [0.5, 0.6) is 0 Å². The number of carbonyl (C=O) groups excluding carboxylic acids is 1. The Hall–Kier alpha value is -0.870. The van der Waals surface area contributed by atoms with Crippen LogP contribution in [-0.4, -0.2) is 30.3 Å². The molecule has 0 rings (SSSR count). The quantitative estimate of drug-likeness (QED) is 0.512. The standard InChI is InChI=1S/C11H21NO3/c1-4-9(6-10(13)7-12)8(3)11(14)15-5-2/h10,13H,4-7,12H2,1-3H3. The Labute approximate surface area is 91.1 Å². The van der Waals surface area contributed by atoms with Gasteiger partial charge in [-0.1, -0.05) is 12.5 Å². The summed E-state index contributed by atoms with van der Waals surface area (Å²) in [5.41, 5.74) is 6.82. The molecular weight excluding hydrogens is 194 g/mol. The first-order chi connectivity index (χ1) is 7.06. The van der Waals surface area contributed by atoms with Gasteiger partial charge in [0, 0.05) is 12.1 Å².